The van der Waals surface area contributed by atoms with Gasteiger partial charge in [0.1, 0.15) is 0 Å². The van der Waals surface area contributed by atoms with Gasteiger partial charge in [0.2, 0.25) is 0 Å². The summed E-state index contributed by atoms with van der Waals surface area (Å²) >= 11 is 0. The van der Waals surface area contributed by atoms with Gasteiger partial charge in [-0.3, -0.25) is 0 Å². The van der Waals surface area contributed by atoms with E-state index < -0.39 is 12.2 Å². The summed E-state index contributed by atoms with van der Waals surface area (Å²) in [5.74, 6) is 0. The molecule has 3 atom stereocenters. The molecule has 1 aliphatic carbocycles. The van der Waals surface area contributed by atoms with Crippen LogP contribution in [0.5, 0.6) is 0 Å². The summed E-state index contributed by atoms with van der Waals surface area (Å²) in [6.45, 7) is 3.05. The van der Waals surface area contributed by atoms with Crippen LogP contribution in [0.1, 0.15) is 32.6 Å². The van der Waals surface area contributed by atoms with Crippen molar-refractivity contribution in [2.75, 3.05) is 6.54 Å². The lowest BCUT2D eigenvalue weighted by atomic mass is 10.1. The van der Waals surface area contributed by atoms with E-state index >= 15 is 0 Å². The second kappa shape index (κ2) is 4.80. The Morgan fingerprint density at radius 2 is 1.58 bits per heavy atom. The molecule has 1 fully saturated rings. The van der Waals surface area contributed by atoms with Gasteiger partial charge in [-0.05, 0) is 32.2 Å². The number of hydrogen-bond acceptors (Lipinski definition) is 3. The highest BCUT2D eigenvalue weighted by molar-refractivity contribution is 4.79. The van der Waals surface area contributed by atoms with E-state index in [1.165, 1.54) is 0 Å². The molecule has 0 amide bonds. The van der Waals surface area contributed by atoms with Crippen molar-refractivity contribution in [3.05, 3.63) is 0 Å². The molecule has 0 heterocycles. The van der Waals surface area contributed by atoms with Gasteiger partial charge in [-0.1, -0.05) is 6.92 Å². The Morgan fingerprint density at radius 1 is 1.08 bits per heavy atom. The molecule has 1 aliphatic rings. The summed E-state index contributed by atoms with van der Waals surface area (Å²) < 4.78 is 0. The molecule has 0 aromatic heterocycles. The second-order valence-electron chi connectivity index (χ2n) is 3.54. The molecule has 0 spiro atoms. The second-order valence-corrected chi connectivity index (χ2v) is 3.54. The number of hydrogen-bond donors (Lipinski definition) is 3. The molecule has 0 bridgehead atoms. The zero-order valence-corrected chi connectivity index (χ0v) is 7.66. The predicted octanol–water partition coefficient (Wildman–Crippen LogP) is 0.260. The lowest BCUT2D eigenvalue weighted by Crippen LogP contribution is -2.28. The average molecular weight is 173 g/mol. The summed E-state index contributed by atoms with van der Waals surface area (Å²) in [6, 6.07) is 0.488. The number of aliphatic hydroxyl groups is 2. The van der Waals surface area contributed by atoms with Crippen molar-refractivity contribution in [2.24, 2.45) is 0 Å². The molecule has 0 saturated heterocycles. The Kier molecular flexibility index (Phi) is 3.98. The highest BCUT2D eigenvalue weighted by atomic mass is 16.3. The van der Waals surface area contributed by atoms with Crippen molar-refractivity contribution in [3.8, 4) is 0 Å². The van der Waals surface area contributed by atoms with Gasteiger partial charge in [0.05, 0.1) is 12.2 Å². The van der Waals surface area contributed by atoms with Gasteiger partial charge in [-0.2, -0.15) is 0 Å². The molecule has 1 saturated carbocycles. The molecule has 12 heavy (non-hydrogen) atoms. The normalized spacial score (nSPS) is 37.8. The third-order valence-electron chi connectivity index (χ3n) is 2.56. The van der Waals surface area contributed by atoms with Crippen LogP contribution in [0.15, 0.2) is 0 Å². The van der Waals surface area contributed by atoms with Crippen LogP contribution >= 0.6 is 0 Å². The van der Waals surface area contributed by atoms with Crippen LogP contribution in [0.3, 0.4) is 0 Å². The van der Waals surface area contributed by atoms with Crippen LogP contribution in [-0.2, 0) is 0 Å². The SMILES string of the molecule is CCNC1CC[C@@H](O)[C@@H](O)CC1. The molecular formula is C9H19NO2. The van der Waals surface area contributed by atoms with Gasteiger partial charge in [-0.15, -0.1) is 0 Å². The molecule has 0 aliphatic heterocycles. The molecule has 0 aromatic carbocycles. The monoisotopic (exact) mass is 173 g/mol. The van der Waals surface area contributed by atoms with Crippen LogP contribution in [0.4, 0.5) is 0 Å². The first-order valence-corrected chi connectivity index (χ1v) is 4.83. The third kappa shape index (κ3) is 2.73. The molecule has 1 unspecified atom stereocenters. The zero-order chi connectivity index (χ0) is 8.97. The summed E-state index contributed by atoms with van der Waals surface area (Å²) in [5, 5.41) is 22.1. The van der Waals surface area contributed by atoms with E-state index in [4.69, 9.17) is 0 Å². The minimum atomic E-state index is -0.506. The summed E-state index contributed by atoms with van der Waals surface area (Å²) in [7, 11) is 0. The van der Waals surface area contributed by atoms with Crippen molar-refractivity contribution in [3.63, 3.8) is 0 Å². The Morgan fingerprint density at radius 3 is 2.00 bits per heavy atom. The highest BCUT2D eigenvalue weighted by Gasteiger charge is 2.23. The van der Waals surface area contributed by atoms with Crippen molar-refractivity contribution in [2.45, 2.75) is 50.9 Å². The molecule has 0 radical (unpaired) electrons. The van der Waals surface area contributed by atoms with Crippen molar-refractivity contribution in [1.82, 2.24) is 5.32 Å². The van der Waals surface area contributed by atoms with E-state index in [0.717, 1.165) is 32.2 Å². The first kappa shape index (κ1) is 9.96. The van der Waals surface area contributed by atoms with E-state index in [2.05, 4.69) is 12.2 Å². The van der Waals surface area contributed by atoms with Crippen molar-refractivity contribution in [1.29, 1.82) is 0 Å². The van der Waals surface area contributed by atoms with E-state index in [1.807, 2.05) is 0 Å². The molecule has 0 aromatic rings. The van der Waals surface area contributed by atoms with E-state index in [1.54, 1.807) is 0 Å². The van der Waals surface area contributed by atoms with Gasteiger partial charge in [-0.25, -0.2) is 0 Å². The summed E-state index contributed by atoms with van der Waals surface area (Å²) in [4.78, 5) is 0. The van der Waals surface area contributed by atoms with Gasteiger partial charge in [0.15, 0.2) is 0 Å². The first-order chi connectivity index (χ1) is 5.74. The first-order valence-electron chi connectivity index (χ1n) is 4.83. The van der Waals surface area contributed by atoms with Gasteiger partial charge >= 0.3 is 0 Å². The topological polar surface area (TPSA) is 52.5 Å². The Bertz CT molecular complexity index is 118. The zero-order valence-electron chi connectivity index (χ0n) is 7.66. The Balaban J connectivity index is 2.33. The largest absolute Gasteiger partial charge is 0.390 e. The van der Waals surface area contributed by atoms with Crippen LogP contribution in [0, 0.1) is 0 Å². The molecule has 3 nitrogen and oxygen atoms in total. The quantitative estimate of drug-likeness (QED) is 0.525. The summed E-state index contributed by atoms with van der Waals surface area (Å²) in [6.07, 6.45) is 2.39. The Hall–Kier alpha value is -0.120. The number of nitrogens with one attached hydrogen (secondary N) is 1. The minimum Gasteiger partial charge on any atom is -0.390 e. The lowest BCUT2D eigenvalue weighted by Gasteiger charge is -2.13. The predicted molar refractivity (Wildman–Crippen MR) is 47.9 cm³/mol. The lowest BCUT2D eigenvalue weighted by molar-refractivity contribution is 0.0157. The highest BCUT2D eigenvalue weighted by Crippen LogP contribution is 2.18. The van der Waals surface area contributed by atoms with Crippen LogP contribution in [-0.4, -0.2) is 35.0 Å². The van der Waals surface area contributed by atoms with Crippen LogP contribution in [0.25, 0.3) is 0 Å². The number of rotatable bonds is 2. The van der Waals surface area contributed by atoms with Crippen molar-refractivity contribution >= 4 is 0 Å². The molecule has 3 heteroatoms. The smallest absolute Gasteiger partial charge is 0.0799 e. The maximum absolute atomic E-state index is 9.37. The summed E-state index contributed by atoms with van der Waals surface area (Å²) in [5.41, 5.74) is 0. The van der Waals surface area contributed by atoms with Crippen molar-refractivity contribution < 1.29 is 10.2 Å². The molecular weight excluding hydrogens is 154 g/mol. The fraction of sp³-hybridized carbons (Fsp3) is 1.00. The van der Waals surface area contributed by atoms with Gasteiger partial charge in [0.25, 0.3) is 0 Å². The molecule has 3 N–H and O–H groups in total. The van der Waals surface area contributed by atoms with Gasteiger partial charge < -0.3 is 15.5 Å². The molecule has 72 valence electrons. The van der Waals surface area contributed by atoms with E-state index in [9.17, 15) is 10.2 Å². The minimum absolute atomic E-state index is 0.488. The van der Waals surface area contributed by atoms with E-state index in [-0.39, 0.29) is 0 Å². The third-order valence-corrected chi connectivity index (χ3v) is 2.56. The average Bonchev–Trinajstić information content (AvgIpc) is 2.20. The maximum Gasteiger partial charge on any atom is 0.0799 e. The van der Waals surface area contributed by atoms with E-state index in [0.29, 0.717) is 6.04 Å². The number of aliphatic hydroxyl groups excluding tert-OH is 2. The maximum atomic E-state index is 9.37. The fourth-order valence-corrected chi connectivity index (χ4v) is 1.77. The standard InChI is InChI=1S/C9H19NO2/c1-2-10-7-3-5-8(11)9(12)6-4-7/h7-12H,2-6H2,1H3/t7?,8-,9+. The molecule has 1 rings (SSSR count). The Labute approximate surface area is 73.8 Å². The van der Waals surface area contributed by atoms with Gasteiger partial charge in [0, 0.05) is 6.04 Å². The fourth-order valence-electron chi connectivity index (χ4n) is 1.77. The van der Waals surface area contributed by atoms with Crippen LogP contribution in [0.2, 0.25) is 0 Å². The van der Waals surface area contributed by atoms with Crippen LogP contribution < -0.4 is 5.32 Å².